The van der Waals surface area contributed by atoms with E-state index in [0.717, 1.165) is 24.1 Å². The number of nitrogens with zero attached hydrogens (tertiary/aromatic N) is 1. The molecule has 1 aromatic rings. The predicted octanol–water partition coefficient (Wildman–Crippen LogP) is 3.75. The first kappa shape index (κ1) is 13.4. The number of benzene rings is 1. The monoisotopic (exact) mass is 326 g/mol. The van der Waals surface area contributed by atoms with Crippen molar-refractivity contribution in [1.29, 1.82) is 0 Å². The molecule has 0 spiro atoms. The molecule has 104 valence electrons. The van der Waals surface area contributed by atoms with E-state index in [4.69, 9.17) is 5.73 Å². The molecule has 3 rings (SSSR count). The van der Waals surface area contributed by atoms with Crippen LogP contribution in [0, 0.1) is 12.7 Å². The first-order chi connectivity index (χ1) is 9.06. The average molecular weight is 327 g/mol. The summed E-state index contributed by atoms with van der Waals surface area (Å²) in [7, 11) is 0. The number of hydrogen-bond donors (Lipinski definition) is 1. The van der Waals surface area contributed by atoms with Crippen LogP contribution in [0.25, 0.3) is 0 Å². The molecule has 2 bridgehead atoms. The number of halogens is 2. The van der Waals surface area contributed by atoms with Crippen molar-refractivity contribution in [3.8, 4) is 0 Å². The van der Waals surface area contributed by atoms with Crippen LogP contribution in [0.15, 0.2) is 16.6 Å². The highest BCUT2D eigenvalue weighted by Gasteiger charge is 2.37. The molecular weight excluding hydrogens is 307 g/mol. The lowest BCUT2D eigenvalue weighted by Gasteiger charge is -2.50. The zero-order valence-corrected chi connectivity index (χ0v) is 12.8. The molecule has 2 aliphatic heterocycles. The fraction of sp³-hybridized carbons (Fsp3) is 0.600. The van der Waals surface area contributed by atoms with Gasteiger partial charge in [-0.3, -0.25) is 0 Å². The Bertz CT molecular complexity index is 477. The Morgan fingerprint density at radius 2 is 1.89 bits per heavy atom. The van der Waals surface area contributed by atoms with Gasteiger partial charge in [-0.1, -0.05) is 0 Å². The third kappa shape index (κ3) is 2.40. The quantitative estimate of drug-likeness (QED) is 0.851. The number of aryl methyl sites for hydroxylation is 1. The Morgan fingerprint density at radius 1 is 1.26 bits per heavy atom. The third-order valence-electron chi connectivity index (χ3n) is 4.53. The van der Waals surface area contributed by atoms with Gasteiger partial charge in [0.1, 0.15) is 5.82 Å². The SMILES string of the molecule is Cc1cc(Br)c(F)cc1N1C2CCCC1CC(N)C2. The summed E-state index contributed by atoms with van der Waals surface area (Å²) in [5, 5.41) is 0. The van der Waals surface area contributed by atoms with Gasteiger partial charge in [-0.05, 0) is 72.7 Å². The molecule has 2 fully saturated rings. The molecule has 2 N–H and O–H groups in total. The lowest BCUT2D eigenvalue weighted by atomic mass is 9.81. The molecule has 0 radical (unpaired) electrons. The number of fused-ring (bicyclic) bond motifs is 2. The Balaban J connectivity index is 1.99. The average Bonchev–Trinajstić information content (AvgIpc) is 2.33. The van der Waals surface area contributed by atoms with Gasteiger partial charge in [-0.15, -0.1) is 0 Å². The van der Waals surface area contributed by atoms with Gasteiger partial charge in [0.25, 0.3) is 0 Å². The number of rotatable bonds is 1. The zero-order valence-electron chi connectivity index (χ0n) is 11.2. The van der Waals surface area contributed by atoms with E-state index >= 15 is 0 Å². The Kier molecular flexibility index (Phi) is 3.56. The second-order valence-corrected chi connectivity index (χ2v) is 6.78. The van der Waals surface area contributed by atoms with E-state index in [1.807, 2.05) is 6.07 Å². The van der Waals surface area contributed by atoms with Gasteiger partial charge in [0, 0.05) is 23.8 Å². The second-order valence-electron chi connectivity index (χ2n) is 5.93. The Hall–Kier alpha value is -0.610. The molecule has 2 atom stereocenters. The van der Waals surface area contributed by atoms with Crippen molar-refractivity contribution in [3.63, 3.8) is 0 Å². The van der Waals surface area contributed by atoms with E-state index in [-0.39, 0.29) is 5.82 Å². The number of piperidine rings is 2. The number of nitrogens with two attached hydrogens (primary N) is 1. The summed E-state index contributed by atoms with van der Waals surface area (Å²) in [6, 6.07) is 4.85. The maximum atomic E-state index is 13.9. The summed E-state index contributed by atoms with van der Waals surface area (Å²) in [5.41, 5.74) is 8.35. The van der Waals surface area contributed by atoms with Crippen LogP contribution >= 0.6 is 15.9 Å². The Labute approximate surface area is 122 Å². The van der Waals surface area contributed by atoms with E-state index in [2.05, 4.69) is 27.8 Å². The summed E-state index contributed by atoms with van der Waals surface area (Å²) in [4.78, 5) is 2.44. The largest absolute Gasteiger partial charge is 0.365 e. The number of hydrogen-bond acceptors (Lipinski definition) is 2. The lowest BCUT2D eigenvalue weighted by molar-refractivity contribution is 0.271. The van der Waals surface area contributed by atoms with Crippen molar-refractivity contribution in [2.24, 2.45) is 5.73 Å². The van der Waals surface area contributed by atoms with Gasteiger partial charge in [-0.25, -0.2) is 4.39 Å². The molecule has 0 aromatic heterocycles. The lowest BCUT2D eigenvalue weighted by Crippen LogP contribution is -2.55. The molecule has 2 heterocycles. The van der Waals surface area contributed by atoms with Gasteiger partial charge in [0.15, 0.2) is 0 Å². The fourth-order valence-corrected chi connectivity index (χ4v) is 4.19. The van der Waals surface area contributed by atoms with Crippen LogP contribution in [0.4, 0.5) is 10.1 Å². The van der Waals surface area contributed by atoms with Gasteiger partial charge in [0.2, 0.25) is 0 Å². The smallest absolute Gasteiger partial charge is 0.139 e. The van der Waals surface area contributed by atoms with Crippen LogP contribution in [-0.4, -0.2) is 18.1 Å². The van der Waals surface area contributed by atoms with Gasteiger partial charge in [0.05, 0.1) is 4.47 Å². The minimum atomic E-state index is -0.173. The molecule has 2 unspecified atom stereocenters. The van der Waals surface area contributed by atoms with Crippen LogP contribution in [0.2, 0.25) is 0 Å². The highest BCUT2D eigenvalue weighted by atomic mass is 79.9. The highest BCUT2D eigenvalue weighted by molar-refractivity contribution is 9.10. The van der Waals surface area contributed by atoms with Crippen LogP contribution in [0.3, 0.4) is 0 Å². The van der Waals surface area contributed by atoms with Crippen molar-refractivity contribution in [2.75, 3.05) is 4.90 Å². The summed E-state index contributed by atoms with van der Waals surface area (Å²) >= 11 is 3.26. The topological polar surface area (TPSA) is 29.3 Å². The first-order valence-corrected chi connectivity index (χ1v) is 7.85. The van der Waals surface area contributed by atoms with Crippen molar-refractivity contribution in [3.05, 3.63) is 28.0 Å². The molecule has 19 heavy (non-hydrogen) atoms. The van der Waals surface area contributed by atoms with Gasteiger partial charge in [-0.2, -0.15) is 0 Å². The highest BCUT2D eigenvalue weighted by Crippen LogP contribution is 2.39. The minimum Gasteiger partial charge on any atom is -0.365 e. The minimum absolute atomic E-state index is 0.173. The third-order valence-corrected chi connectivity index (χ3v) is 5.14. The molecule has 2 nitrogen and oxygen atoms in total. The molecule has 4 heteroatoms. The van der Waals surface area contributed by atoms with Crippen molar-refractivity contribution < 1.29 is 4.39 Å². The van der Waals surface area contributed by atoms with Crippen molar-refractivity contribution in [2.45, 2.75) is 57.2 Å². The van der Waals surface area contributed by atoms with Crippen LogP contribution < -0.4 is 10.6 Å². The van der Waals surface area contributed by atoms with Crippen LogP contribution in [0.5, 0.6) is 0 Å². The molecule has 2 aliphatic rings. The molecular formula is C15H20BrFN2. The normalized spacial score (nSPS) is 30.5. The summed E-state index contributed by atoms with van der Waals surface area (Å²) in [6.07, 6.45) is 5.71. The van der Waals surface area contributed by atoms with E-state index in [9.17, 15) is 4.39 Å². The maximum Gasteiger partial charge on any atom is 0.139 e. The second kappa shape index (κ2) is 5.06. The molecule has 1 aromatic carbocycles. The number of anilines is 1. The fourth-order valence-electron chi connectivity index (χ4n) is 3.73. The van der Waals surface area contributed by atoms with Crippen LogP contribution in [-0.2, 0) is 0 Å². The zero-order chi connectivity index (χ0) is 13.6. The predicted molar refractivity (Wildman–Crippen MR) is 80.0 cm³/mol. The molecule has 0 amide bonds. The van der Waals surface area contributed by atoms with E-state index < -0.39 is 0 Å². The standard InChI is InChI=1S/C15H20BrFN2/c1-9-5-13(16)14(17)8-15(9)19-11-3-2-4-12(19)7-10(18)6-11/h5,8,10-12H,2-4,6-7,18H2,1H3. The summed E-state index contributed by atoms with van der Waals surface area (Å²) in [6.45, 7) is 2.06. The first-order valence-electron chi connectivity index (χ1n) is 7.06. The summed E-state index contributed by atoms with van der Waals surface area (Å²) in [5.74, 6) is -0.173. The van der Waals surface area contributed by atoms with Crippen LogP contribution in [0.1, 0.15) is 37.7 Å². The molecule has 0 aliphatic carbocycles. The van der Waals surface area contributed by atoms with Gasteiger partial charge < -0.3 is 10.6 Å². The van der Waals surface area contributed by atoms with Crippen molar-refractivity contribution >= 4 is 21.6 Å². The maximum absolute atomic E-state index is 13.9. The van der Waals surface area contributed by atoms with E-state index in [0.29, 0.717) is 22.6 Å². The summed E-state index contributed by atoms with van der Waals surface area (Å²) < 4.78 is 14.4. The Morgan fingerprint density at radius 3 is 2.53 bits per heavy atom. The van der Waals surface area contributed by atoms with Crippen molar-refractivity contribution in [1.82, 2.24) is 0 Å². The molecule has 2 saturated heterocycles. The van der Waals surface area contributed by atoms with E-state index in [1.165, 1.54) is 19.3 Å². The van der Waals surface area contributed by atoms with E-state index in [1.54, 1.807) is 6.07 Å². The molecule has 0 saturated carbocycles. The van der Waals surface area contributed by atoms with Gasteiger partial charge >= 0.3 is 0 Å².